The normalized spacial score (nSPS) is 10.6. The van der Waals surface area contributed by atoms with E-state index in [1.165, 1.54) is 16.7 Å². The van der Waals surface area contributed by atoms with Gasteiger partial charge in [-0.1, -0.05) is 30.0 Å². The molecule has 2 rings (SSSR count). The Morgan fingerprint density at radius 3 is 2.35 bits per heavy atom. The minimum atomic E-state index is 0.0168. The molecule has 0 fully saturated rings. The monoisotopic (exact) mass is 347 g/mol. The Bertz CT molecular complexity index is 639. The summed E-state index contributed by atoms with van der Waals surface area (Å²) in [5.74, 6) is 1.22. The van der Waals surface area contributed by atoms with Crippen molar-refractivity contribution in [1.29, 1.82) is 0 Å². The fourth-order valence-electron chi connectivity index (χ4n) is 1.86. The molecule has 4 nitrogen and oxygen atoms in total. The number of hydrogen-bond acceptors (Lipinski definition) is 5. The molecule has 1 N–H and O–H groups in total. The number of aromatic nitrogens is 2. The summed E-state index contributed by atoms with van der Waals surface area (Å²) in [6, 6.07) is 10.2. The third-order valence-corrected chi connectivity index (χ3v) is 5.24. The van der Waals surface area contributed by atoms with Gasteiger partial charge in [-0.15, -0.1) is 11.8 Å². The van der Waals surface area contributed by atoms with E-state index in [1.54, 1.807) is 11.8 Å². The van der Waals surface area contributed by atoms with Gasteiger partial charge in [-0.05, 0) is 38.5 Å². The minimum Gasteiger partial charge on any atom is -0.355 e. The van der Waals surface area contributed by atoms with Crippen LogP contribution in [0.5, 0.6) is 0 Å². The number of aryl methyl sites for hydroxylation is 2. The fraction of sp³-hybridized carbons (Fsp3) is 0.353. The van der Waals surface area contributed by atoms with Crippen molar-refractivity contribution in [2.24, 2.45) is 0 Å². The Morgan fingerprint density at radius 2 is 1.70 bits per heavy atom. The molecule has 23 heavy (non-hydrogen) atoms. The van der Waals surface area contributed by atoms with Crippen LogP contribution in [-0.4, -0.2) is 33.9 Å². The van der Waals surface area contributed by atoms with E-state index in [0.29, 0.717) is 17.5 Å². The van der Waals surface area contributed by atoms with Gasteiger partial charge in [-0.2, -0.15) is 0 Å². The molecule has 1 heterocycles. The first-order valence-corrected chi connectivity index (χ1v) is 9.42. The third kappa shape index (κ3) is 5.88. The van der Waals surface area contributed by atoms with Crippen molar-refractivity contribution < 1.29 is 4.79 Å². The van der Waals surface area contributed by atoms with Gasteiger partial charge in [-0.25, -0.2) is 9.97 Å². The number of rotatable bonds is 7. The Kier molecular flexibility index (Phi) is 6.92. The van der Waals surface area contributed by atoms with Gasteiger partial charge < -0.3 is 5.32 Å². The average molecular weight is 348 g/mol. The van der Waals surface area contributed by atoms with Crippen molar-refractivity contribution in [2.75, 3.05) is 18.1 Å². The molecule has 122 valence electrons. The zero-order valence-electron chi connectivity index (χ0n) is 13.6. The number of benzene rings is 1. The molecule has 0 saturated heterocycles. The molecule has 0 bridgehead atoms. The first kappa shape index (κ1) is 17.8. The van der Waals surface area contributed by atoms with Gasteiger partial charge >= 0.3 is 0 Å². The van der Waals surface area contributed by atoms with Crippen LogP contribution in [0.1, 0.15) is 17.0 Å². The van der Waals surface area contributed by atoms with Crippen LogP contribution < -0.4 is 5.32 Å². The Labute approximate surface area is 145 Å². The van der Waals surface area contributed by atoms with Crippen molar-refractivity contribution in [3.05, 3.63) is 47.3 Å². The van der Waals surface area contributed by atoms with Crippen LogP contribution in [0.2, 0.25) is 0 Å². The van der Waals surface area contributed by atoms with E-state index in [-0.39, 0.29) is 5.91 Å². The molecular formula is C17H21N3OS2. The summed E-state index contributed by atoms with van der Waals surface area (Å²) in [6.45, 7) is 6.60. The summed E-state index contributed by atoms with van der Waals surface area (Å²) < 4.78 is 0. The van der Waals surface area contributed by atoms with E-state index in [0.717, 1.165) is 22.7 Å². The lowest BCUT2D eigenvalue weighted by Crippen LogP contribution is -2.27. The summed E-state index contributed by atoms with van der Waals surface area (Å²) in [4.78, 5) is 21.9. The largest absolute Gasteiger partial charge is 0.355 e. The smallest absolute Gasteiger partial charge is 0.230 e. The van der Waals surface area contributed by atoms with Crippen molar-refractivity contribution in [1.82, 2.24) is 15.3 Å². The highest BCUT2D eigenvalue weighted by Gasteiger charge is 2.08. The van der Waals surface area contributed by atoms with Crippen molar-refractivity contribution in [2.45, 2.75) is 30.8 Å². The van der Waals surface area contributed by atoms with Gasteiger partial charge in [0.2, 0.25) is 5.91 Å². The topological polar surface area (TPSA) is 54.9 Å². The van der Waals surface area contributed by atoms with Crippen LogP contribution in [0.25, 0.3) is 0 Å². The minimum absolute atomic E-state index is 0.0168. The standard InChI is InChI=1S/C17H21N3OS2/c1-12-13(2)19-17(20-14(12)3)23-11-16(21)18-9-10-22-15-7-5-4-6-8-15/h4-8H,9-11H2,1-3H3,(H,18,21). The van der Waals surface area contributed by atoms with E-state index < -0.39 is 0 Å². The highest BCUT2D eigenvalue weighted by Crippen LogP contribution is 2.17. The summed E-state index contributed by atoms with van der Waals surface area (Å²) in [7, 11) is 0. The molecule has 0 atom stereocenters. The van der Waals surface area contributed by atoms with E-state index in [4.69, 9.17) is 0 Å². The van der Waals surface area contributed by atoms with Gasteiger partial charge in [0.05, 0.1) is 5.75 Å². The number of thioether (sulfide) groups is 2. The van der Waals surface area contributed by atoms with E-state index in [9.17, 15) is 4.79 Å². The molecule has 0 radical (unpaired) electrons. The molecule has 1 aromatic heterocycles. The van der Waals surface area contributed by atoms with Crippen molar-refractivity contribution in [3.63, 3.8) is 0 Å². The fourth-order valence-corrected chi connectivity index (χ4v) is 3.42. The Hall–Kier alpha value is -1.53. The maximum Gasteiger partial charge on any atom is 0.230 e. The quantitative estimate of drug-likeness (QED) is 0.473. The van der Waals surface area contributed by atoms with Crippen molar-refractivity contribution in [3.8, 4) is 0 Å². The van der Waals surface area contributed by atoms with Crippen LogP contribution in [0.4, 0.5) is 0 Å². The first-order chi connectivity index (χ1) is 11.1. The molecule has 0 aliphatic rings. The number of hydrogen-bond donors (Lipinski definition) is 1. The highest BCUT2D eigenvalue weighted by atomic mass is 32.2. The zero-order chi connectivity index (χ0) is 16.7. The summed E-state index contributed by atoms with van der Waals surface area (Å²) in [5.41, 5.74) is 3.05. The van der Waals surface area contributed by atoms with Gasteiger partial charge in [0.15, 0.2) is 5.16 Å². The van der Waals surface area contributed by atoms with E-state index in [2.05, 4.69) is 27.4 Å². The van der Waals surface area contributed by atoms with Crippen LogP contribution in [0, 0.1) is 20.8 Å². The molecule has 1 aromatic carbocycles. The second kappa shape index (κ2) is 8.93. The predicted molar refractivity (Wildman–Crippen MR) is 97.1 cm³/mol. The zero-order valence-corrected chi connectivity index (χ0v) is 15.3. The summed E-state index contributed by atoms with van der Waals surface area (Å²) >= 11 is 3.12. The summed E-state index contributed by atoms with van der Waals surface area (Å²) in [5, 5.41) is 3.59. The average Bonchev–Trinajstić information content (AvgIpc) is 2.55. The second-order valence-corrected chi connectivity index (χ2v) is 7.21. The second-order valence-electron chi connectivity index (χ2n) is 5.10. The SMILES string of the molecule is Cc1nc(SCC(=O)NCCSc2ccccc2)nc(C)c1C. The van der Waals surface area contributed by atoms with Crippen LogP contribution >= 0.6 is 23.5 Å². The molecular weight excluding hydrogens is 326 g/mol. The number of nitrogens with zero attached hydrogens (tertiary/aromatic N) is 2. The van der Waals surface area contributed by atoms with E-state index in [1.807, 2.05) is 39.0 Å². The predicted octanol–water partition coefficient (Wildman–Crippen LogP) is 3.40. The number of carbonyl (C=O) groups excluding carboxylic acids is 1. The van der Waals surface area contributed by atoms with Gasteiger partial charge in [0.25, 0.3) is 0 Å². The molecule has 0 unspecified atom stereocenters. The number of amides is 1. The van der Waals surface area contributed by atoms with E-state index >= 15 is 0 Å². The highest BCUT2D eigenvalue weighted by molar-refractivity contribution is 7.99. The van der Waals surface area contributed by atoms with Gasteiger partial charge in [0.1, 0.15) is 0 Å². The first-order valence-electron chi connectivity index (χ1n) is 7.45. The van der Waals surface area contributed by atoms with Crippen LogP contribution in [-0.2, 0) is 4.79 Å². The Morgan fingerprint density at radius 1 is 1.04 bits per heavy atom. The lowest BCUT2D eigenvalue weighted by atomic mass is 10.2. The molecule has 0 aliphatic carbocycles. The summed E-state index contributed by atoms with van der Waals surface area (Å²) in [6.07, 6.45) is 0. The Balaban J connectivity index is 1.69. The number of nitrogens with one attached hydrogen (secondary N) is 1. The third-order valence-electron chi connectivity index (χ3n) is 3.38. The molecule has 0 spiro atoms. The maximum atomic E-state index is 11.9. The van der Waals surface area contributed by atoms with Crippen molar-refractivity contribution >= 4 is 29.4 Å². The number of carbonyl (C=O) groups is 1. The molecule has 0 aliphatic heterocycles. The lowest BCUT2D eigenvalue weighted by molar-refractivity contribution is -0.118. The van der Waals surface area contributed by atoms with Gasteiger partial charge in [0, 0.05) is 28.6 Å². The lowest BCUT2D eigenvalue weighted by Gasteiger charge is -2.07. The molecule has 0 saturated carbocycles. The van der Waals surface area contributed by atoms with Crippen LogP contribution in [0.15, 0.2) is 40.4 Å². The maximum absolute atomic E-state index is 11.9. The molecule has 2 aromatic rings. The molecule has 6 heteroatoms. The molecule has 1 amide bonds. The van der Waals surface area contributed by atoms with Gasteiger partial charge in [-0.3, -0.25) is 4.79 Å². The van der Waals surface area contributed by atoms with Crippen LogP contribution in [0.3, 0.4) is 0 Å².